The molecule has 0 unspecified atom stereocenters. The summed E-state index contributed by atoms with van der Waals surface area (Å²) in [6.07, 6.45) is 3.51. The SMILES string of the molecule is O=C(Nc1cc2nc(-c3cnc4n3CCNC4)ccc2cn1)c1ccc(F)cc1. The predicted octanol–water partition coefficient (Wildman–Crippen LogP) is 2.99. The van der Waals surface area contributed by atoms with Crippen molar-refractivity contribution in [3.05, 3.63) is 72.1 Å². The zero-order valence-corrected chi connectivity index (χ0v) is 15.4. The number of nitrogens with one attached hydrogen (secondary N) is 2. The first-order valence-corrected chi connectivity index (χ1v) is 9.26. The third-order valence-electron chi connectivity index (χ3n) is 4.92. The van der Waals surface area contributed by atoms with E-state index in [1.165, 1.54) is 24.3 Å². The highest BCUT2D eigenvalue weighted by molar-refractivity contribution is 6.04. The van der Waals surface area contributed by atoms with Crippen LogP contribution in [-0.2, 0) is 13.1 Å². The van der Waals surface area contributed by atoms with E-state index in [0.29, 0.717) is 11.4 Å². The number of carbonyl (C=O) groups is 1. The Morgan fingerprint density at radius 2 is 1.97 bits per heavy atom. The Hall–Kier alpha value is -3.65. The second-order valence-electron chi connectivity index (χ2n) is 6.81. The van der Waals surface area contributed by atoms with Gasteiger partial charge in [-0.15, -0.1) is 0 Å². The molecule has 29 heavy (non-hydrogen) atoms. The van der Waals surface area contributed by atoms with Crippen molar-refractivity contribution >= 4 is 22.6 Å². The van der Waals surface area contributed by atoms with E-state index in [1.54, 1.807) is 12.3 Å². The van der Waals surface area contributed by atoms with E-state index < -0.39 is 0 Å². The number of anilines is 1. The van der Waals surface area contributed by atoms with Crippen LogP contribution in [0, 0.1) is 5.82 Å². The summed E-state index contributed by atoms with van der Waals surface area (Å²) in [6, 6.07) is 11.0. The van der Waals surface area contributed by atoms with Crippen LogP contribution in [0.25, 0.3) is 22.3 Å². The molecule has 4 heterocycles. The Balaban J connectivity index is 1.46. The number of pyridine rings is 2. The molecule has 8 heteroatoms. The molecule has 0 saturated carbocycles. The number of hydrogen-bond donors (Lipinski definition) is 2. The van der Waals surface area contributed by atoms with Crippen LogP contribution in [0.1, 0.15) is 16.2 Å². The maximum absolute atomic E-state index is 13.0. The van der Waals surface area contributed by atoms with Gasteiger partial charge in [-0.1, -0.05) is 0 Å². The van der Waals surface area contributed by atoms with Gasteiger partial charge in [-0.05, 0) is 36.4 Å². The van der Waals surface area contributed by atoms with Crippen molar-refractivity contribution in [3.8, 4) is 11.4 Å². The van der Waals surface area contributed by atoms with Gasteiger partial charge in [0.15, 0.2) is 0 Å². The van der Waals surface area contributed by atoms with Crippen molar-refractivity contribution in [2.45, 2.75) is 13.1 Å². The molecule has 7 nitrogen and oxygen atoms in total. The molecule has 3 aromatic heterocycles. The van der Waals surface area contributed by atoms with Crippen LogP contribution in [0.5, 0.6) is 0 Å². The predicted molar refractivity (Wildman–Crippen MR) is 107 cm³/mol. The molecule has 1 aromatic carbocycles. The van der Waals surface area contributed by atoms with Crippen LogP contribution < -0.4 is 10.6 Å². The number of fused-ring (bicyclic) bond motifs is 2. The quantitative estimate of drug-likeness (QED) is 0.564. The van der Waals surface area contributed by atoms with Gasteiger partial charge in [0, 0.05) is 36.3 Å². The number of hydrogen-bond acceptors (Lipinski definition) is 5. The highest BCUT2D eigenvalue weighted by Gasteiger charge is 2.16. The van der Waals surface area contributed by atoms with E-state index in [-0.39, 0.29) is 11.7 Å². The fourth-order valence-electron chi connectivity index (χ4n) is 3.42. The molecule has 1 aliphatic heterocycles. The first kappa shape index (κ1) is 17.4. The van der Waals surface area contributed by atoms with Gasteiger partial charge in [-0.3, -0.25) is 4.79 Å². The Bertz CT molecular complexity index is 1220. The molecule has 0 atom stereocenters. The maximum atomic E-state index is 13.0. The number of rotatable bonds is 3. The van der Waals surface area contributed by atoms with Crippen molar-refractivity contribution in [1.82, 2.24) is 24.8 Å². The summed E-state index contributed by atoms with van der Waals surface area (Å²) in [7, 11) is 0. The van der Waals surface area contributed by atoms with Gasteiger partial charge in [-0.2, -0.15) is 0 Å². The molecule has 144 valence electrons. The van der Waals surface area contributed by atoms with E-state index >= 15 is 0 Å². The van der Waals surface area contributed by atoms with E-state index in [2.05, 4.69) is 25.2 Å². The third-order valence-corrected chi connectivity index (χ3v) is 4.92. The topological polar surface area (TPSA) is 84.7 Å². The molecule has 1 aliphatic rings. The number of benzene rings is 1. The van der Waals surface area contributed by atoms with Gasteiger partial charge >= 0.3 is 0 Å². The lowest BCUT2D eigenvalue weighted by atomic mass is 10.2. The van der Waals surface area contributed by atoms with Crippen molar-refractivity contribution in [3.63, 3.8) is 0 Å². The van der Waals surface area contributed by atoms with Crippen LogP contribution >= 0.6 is 0 Å². The minimum Gasteiger partial charge on any atom is -0.324 e. The number of halogens is 1. The summed E-state index contributed by atoms with van der Waals surface area (Å²) in [5.41, 5.74) is 2.86. The highest BCUT2D eigenvalue weighted by Crippen LogP contribution is 2.24. The van der Waals surface area contributed by atoms with Crippen molar-refractivity contribution in [2.24, 2.45) is 0 Å². The smallest absolute Gasteiger partial charge is 0.256 e. The van der Waals surface area contributed by atoms with Gasteiger partial charge in [-0.25, -0.2) is 19.3 Å². The van der Waals surface area contributed by atoms with E-state index in [0.717, 1.165) is 47.7 Å². The molecule has 0 radical (unpaired) electrons. The molecule has 4 aromatic rings. The first-order chi connectivity index (χ1) is 14.2. The molecule has 0 spiro atoms. The molecule has 0 fully saturated rings. The Morgan fingerprint density at radius 1 is 1.10 bits per heavy atom. The summed E-state index contributed by atoms with van der Waals surface area (Å²) in [4.78, 5) is 25.9. The minimum absolute atomic E-state index is 0.356. The maximum Gasteiger partial charge on any atom is 0.256 e. The molecule has 0 saturated heterocycles. The van der Waals surface area contributed by atoms with E-state index in [1.807, 2.05) is 18.3 Å². The molecular weight excluding hydrogens is 371 g/mol. The van der Waals surface area contributed by atoms with Gasteiger partial charge in [0.1, 0.15) is 17.5 Å². The fourth-order valence-corrected chi connectivity index (χ4v) is 3.42. The number of carbonyl (C=O) groups excluding carboxylic acids is 1. The summed E-state index contributed by atoms with van der Waals surface area (Å²) in [6.45, 7) is 2.49. The van der Waals surface area contributed by atoms with Crippen molar-refractivity contribution in [2.75, 3.05) is 11.9 Å². The Morgan fingerprint density at radius 3 is 2.83 bits per heavy atom. The zero-order valence-electron chi connectivity index (χ0n) is 15.4. The first-order valence-electron chi connectivity index (χ1n) is 9.26. The average Bonchev–Trinajstić information content (AvgIpc) is 3.18. The molecule has 0 bridgehead atoms. The van der Waals surface area contributed by atoms with Crippen LogP contribution in [0.4, 0.5) is 10.2 Å². The second-order valence-corrected chi connectivity index (χ2v) is 6.81. The van der Waals surface area contributed by atoms with Crippen molar-refractivity contribution in [1.29, 1.82) is 0 Å². The molecule has 5 rings (SSSR count). The lowest BCUT2D eigenvalue weighted by molar-refractivity contribution is 0.102. The lowest BCUT2D eigenvalue weighted by Crippen LogP contribution is -2.28. The van der Waals surface area contributed by atoms with Gasteiger partial charge in [0.2, 0.25) is 0 Å². The monoisotopic (exact) mass is 388 g/mol. The van der Waals surface area contributed by atoms with Gasteiger partial charge < -0.3 is 15.2 Å². The highest BCUT2D eigenvalue weighted by atomic mass is 19.1. The fraction of sp³-hybridized carbons (Fsp3) is 0.143. The lowest BCUT2D eigenvalue weighted by Gasteiger charge is -2.17. The number of aromatic nitrogens is 4. The largest absolute Gasteiger partial charge is 0.324 e. The zero-order chi connectivity index (χ0) is 19.8. The normalized spacial score (nSPS) is 13.3. The van der Waals surface area contributed by atoms with Crippen LogP contribution in [-0.4, -0.2) is 32.0 Å². The van der Waals surface area contributed by atoms with E-state index in [4.69, 9.17) is 4.98 Å². The summed E-state index contributed by atoms with van der Waals surface area (Å²) in [5.74, 6) is 0.636. The van der Waals surface area contributed by atoms with Crippen LogP contribution in [0.2, 0.25) is 0 Å². The number of imidazole rings is 1. The Labute approximate surface area is 165 Å². The second kappa shape index (κ2) is 7.06. The molecule has 2 N–H and O–H groups in total. The molecule has 0 aliphatic carbocycles. The van der Waals surface area contributed by atoms with Crippen LogP contribution in [0.3, 0.4) is 0 Å². The summed E-state index contributed by atoms with van der Waals surface area (Å²) in [5, 5.41) is 6.91. The van der Waals surface area contributed by atoms with Crippen LogP contribution in [0.15, 0.2) is 54.9 Å². The van der Waals surface area contributed by atoms with E-state index in [9.17, 15) is 9.18 Å². The Kier molecular flexibility index (Phi) is 4.25. The standard InChI is InChI=1S/C21H17FN6O/c22-15-4-1-13(2-5-15)21(29)27-19-9-17-14(10-24-19)3-6-16(26-17)18-11-25-20-12-23-7-8-28(18)20/h1-6,9-11,23H,7-8,12H2,(H,24,27,29). The minimum atomic E-state index is -0.389. The average molecular weight is 388 g/mol. The summed E-state index contributed by atoms with van der Waals surface area (Å²) < 4.78 is 15.2. The molecular formula is C21H17FN6O. The summed E-state index contributed by atoms with van der Waals surface area (Å²) >= 11 is 0. The van der Waals surface area contributed by atoms with Gasteiger partial charge in [0.25, 0.3) is 5.91 Å². The third kappa shape index (κ3) is 3.34. The number of amides is 1. The van der Waals surface area contributed by atoms with Gasteiger partial charge in [0.05, 0.1) is 29.6 Å². The number of nitrogens with zero attached hydrogens (tertiary/aromatic N) is 4. The molecule has 1 amide bonds. The van der Waals surface area contributed by atoms with Crippen molar-refractivity contribution < 1.29 is 9.18 Å².